The average Bonchev–Trinajstić information content (AvgIpc) is 2.97. The van der Waals surface area contributed by atoms with Crippen molar-refractivity contribution in [3.63, 3.8) is 0 Å². The molecule has 2 aliphatic rings. The number of fused-ring (bicyclic) bond motifs is 1. The largest absolute Gasteiger partial charge is 0.496 e. The van der Waals surface area contributed by atoms with Crippen LogP contribution >= 0.6 is 0 Å². The minimum Gasteiger partial charge on any atom is -0.496 e. The standard InChI is InChI=1S/C18H24N2O5/c1-11-7-13-8-15(24-2)14(9-16(13)25-11)10-19-18(23)20-5-3-12(4-6-20)17(21)22/h8-9,11-12H,3-7,10H2,1-2H3,(H,19,23)(H,21,22). The maximum absolute atomic E-state index is 12.3. The van der Waals surface area contributed by atoms with Crippen LogP contribution in [0.5, 0.6) is 11.5 Å². The fourth-order valence-electron chi connectivity index (χ4n) is 3.42. The van der Waals surface area contributed by atoms with Gasteiger partial charge in [-0.3, -0.25) is 4.79 Å². The van der Waals surface area contributed by atoms with E-state index in [0.29, 0.717) is 32.5 Å². The Morgan fingerprint density at radius 1 is 1.36 bits per heavy atom. The Morgan fingerprint density at radius 2 is 2.08 bits per heavy atom. The highest BCUT2D eigenvalue weighted by atomic mass is 16.5. The molecule has 3 rings (SSSR count). The van der Waals surface area contributed by atoms with Crippen LogP contribution in [0.25, 0.3) is 0 Å². The third kappa shape index (κ3) is 3.81. The van der Waals surface area contributed by atoms with Crippen LogP contribution in [-0.4, -0.2) is 48.3 Å². The molecule has 1 saturated heterocycles. The molecule has 1 aromatic rings. The summed E-state index contributed by atoms with van der Waals surface area (Å²) in [5, 5.41) is 11.9. The van der Waals surface area contributed by atoms with Gasteiger partial charge in [0.2, 0.25) is 0 Å². The van der Waals surface area contributed by atoms with Gasteiger partial charge in [0.05, 0.1) is 13.0 Å². The lowest BCUT2D eigenvalue weighted by Gasteiger charge is -2.30. The van der Waals surface area contributed by atoms with Gasteiger partial charge in [-0.25, -0.2) is 4.79 Å². The van der Waals surface area contributed by atoms with Gasteiger partial charge in [-0.05, 0) is 31.9 Å². The number of benzene rings is 1. The second kappa shape index (κ2) is 7.21. The number of hydrogen-bond acceptors (Lipinski definition) is 4. The maximum atomic E-state index is 12.3. The summed E-state index contributed by atoms with van der Waals surface area (Å²) in [6.45, 7) is 3.29. The number of nitrogens with one attached hydrogen (secondary N) is 1. The van der Waals surface area contributed by atoms with Gasteiger partial charge >= 0.3 is 12.0 Å². The quantitative estimate of drug-likeness (QED) is 0.869. The number of piperidine rings is 1. The molecule has 7 nitrogen and oxygen atoms in total. The molecule has 136 valence electrons. The van der Waals surface area contributed by atoms with Gasteiger partial charge in [0.25, 0.3) is 0 Å². The Balaban J connectivity index is 1.59. The molecular formula is C18H24N2O5. The summed E-state index contributed by atoms with van der Waals surface area (Å²) in [5.74, 6) is 0.457. The molecule has 0 saturated carbocycles. The Hall–Kier alpha value is -2.44. The SMILES string of the molecule is COc1cc2c(cc1CNC(=O)N1CCC(C(=O)O)CC1)OC(C)C2. The van der Waals surface area contributed by atoms with Crippen LogP contribution in [0, 0.1) is 5.92 Å². The minimum atomic E-state index is -0.780. The highest BCUT2D eigenvalue weighted by Crippen LogP contribution is 2.35. The van der Waals surface area contributed by atoms with Gasteiger partial charge in [-0.1, -0.05) is 0 Å². The number of amides is 2. The van der Waals surface area contributed by atoms with Crippen LogP contribution in [0.3, 0.4) is 0 Å². The smallest absolute Gasteiger partial charge is 0.317 e. The zero-order valence-electron chi connectivity index (χ0n) is 14.6. The highest BCUT2D eigenvalue weighted by molar-refractivity contribution is 5.75. The van der Waals surface area contributed by atoms with E-state index in [2.05, 4.69) is 5.32 Å². The fourth-order valence-corrected chi connectivity index (χ4v) is 3.42. The lowest BCUT2D eigenvalue weighted by atomic mass is 9.97. The van der Waals surface area contributed by atoms with Gasteiger partial charge in [-0.2, -0.15) is 0 Å². The second-order valence-electron chi connectivity index (χ2n) is 6.66. The van der Waals surface area contributed by atoms with Gasteiger partial charge in [0.1, 0.15) is 17.6 Å². The van der Waals surface area contributed by atoms with E-state index in [1.165, 1.54) is 0 Å². The molecule has 2 aliphatic heterocycles. The topological polar surface area (TPSA) is 88.1 Å². The maximum Gasteiger partial charge on any atom is 0.317 e. The number of likely N-dealkylation sites (tertiary alicyclic amines) is 1. The normalized spacial score (nSPS) is 19.9. The first-order valence-electron chi connectivity index (χ1n) is 8.60. The van der Waals surface area contributed by atoms with Crippen LogP contribution in [-0.2, 0) is 17.8 Å². The zero-order valence-corrected chi connectivity index (χ0v) is 14.6. The summed E-state index contributed by atoms with van der Waals surface area (Å²) < 4.78 is 11.2. The van der Waals surface area contributed by atoms with Gasteiger partial charge < -0.3 is 24.8 Å². The molecule has 0 aromatic heterocycles. The number of hydrogen-bond donors (Lipinski definition) is 2. The number of carbonyl (C=O) groups is 2. The van der Waals surface area contributed by atoms with Crippen molar-refractivity contribution in [3.05, 3.63) is 23.3 Å². The number of carboxylic acids is 1. The predicted octanol–water partition coefficient (Wildman–Crippen LogP) is 2.02. The highest BCUT2D eigenvalue weighted by Gasteiger charge is 2.27. The number of methoxy groups -OCH3 is 1. The van der Waals surface area contributed by atoms with Crippen LogP contribution in [0.15, 0.2) is 12.1 Å². The third-order valence-electron chi connectivity index (χ3n) is 4.86. The summed E-state index contributed by atoms with van der Waals surface area (Å²) in [7, 11) is 1.61. The molecule has 1 unspecified atom stereocenters. The van der Waals surface area contributed by atoms with Gasteiger partial charge in [0, 0.05) is 37.2 Å². The summed E-state index contributed by atoms with van der Waals surface area (Å²) in [5.41, 5.74) is 1.99. The van der Waals surface area contributed by atoms with Crippen molar-refractivity contribution in [1.82, 2.24) is 10.2 Å². The molecule has 0 spiro atoms. The molecule has 1 fully saturated rings. The number of carboxylic acid groups (broad SMARTS) is 1. The number of nitrogens with zero attached hydrogens (tertiary/aromatic N) is 1. The molecular weight excluding hydrogens is 324 g/mol. The lowest BCUT2D eigenvalue weighted by Crippen LogP contribution is -2.45. The van der Waals surface area contributed by atoms with Crippen molar-refractivity contribution < 1.29 is 24.2 Å². The molecule has 25 heavy (non-hydrogen) atoms. The lowest BCUT2D eigenvalue weighted by molar-refractivity contribution is -0.143. The second-order valence-corrected chi connectivity index (χ2v) is 6.66. The van der Waals surface area contributed by atoms with E-state index in [0.717, 1.165) is 29.0 Å². The average molecular weight is 348 g/mol. The van der Waals surface area contributed by atoms with E-state index in [4.69, 9.17) is 14.6 Å². The van der Waals surface area contributed by atoms with Gasteiger partial charge in [0.15, 0.2) is 0 Å². The van der Waals surface area contributed by atoms with E-state index in [9.17, 15) is 9.59 Å². The van der Waals surface area contributed by atoms with E-state index in [1.54, 1.807) is 12.0 Å². The molecule has 2 amide bonds. The summed E-state index contributed by atoms with van der Waals surface area (Å²) >= 11 is 0. The number of carbonyl (C=O) groups excluding carboxylic acids is 1. The zero-order chi connectivity index (χ0) is 18.0. The van der Waals surface area contributed by atoms with Crippen LogP contribution in [0.1, 0.15) is 30.9 Å². The van der Waals surface area contributed by atoms with Crippen LogP contribution in [0.2, 0.25) is 0 Å². The van der Waals surface area contributed by atoms with E-state index < -0.39 is 5.97 Å². The van der Waals surface area contributed by atoms with Crippen LogP contribution in [0.4, 0.5) is 4.79 Å². The van der Waals surface area contributed by atoms with Crippen molar-refractivity contribution in [3.8, 4) is 11.5 Å². The minimum absolute atomic E-state index is 0.153. The van der Waals surface area contributed by atoms with E-state index >= 15 is 0 Å². The Labute approximate surface area is 146 Å². The van der Waals surface area contributed by atoms with E-state index in [-0.39, 0.29) is 18.1 Å². The van der Waals surface area contributed by atoms with Crippen molar-refractivity contribution in [2.75, 3.05) is 20.2 Å². The molecule has 1 aromatic carbocycles. The monoisotopic (exact) mass is 348 g/mol. The summed E-state index contributed by atoms with van der Waals surface area (Å²) in [6, 6.07) is 3.72. The van der Waals surface area contributed by atoms with Crippen molar-refractivity contribution in [1.29, 1.82) is 0 Å². The predicted molar refractivity (Wildman–Crippen MR) is 91.0 cm³/mol. The molecule has 0 bridgehead atoms. The van der Waals surface area contributed by atoms with Crippen molar-refractivity contribution in [2.45, 2.75) is 38.8 Å². The fraction of sp³-hybridized carbons (Fsp3) is 0.556. The Bertz CT molecular complexity index is 668. The number of ether oxygens (including phenoxy) is 2. The van der Waals surface area contributed by atoms with Gasteiger partial charge in [-0.15, -0.1) is 0 Å². The third-order valence-corrected chi connectivity index (χ3v) is 4.86. The van der Waals surface area contributed by atoms with Crippen molar-refractivity contribution in [2.24, 2.45) is 5.92 Å². The number of urea groups is 1. The molecule has 0 radical (unpaired) electrons. The number of aliphatic carboxylic acids is 1. The first-order valence-corrected chi connectivity index (χ1v) is 8.60. The summed E-state index contributed by atoms with van der Waals surface area (Å²) in [6.07, 6.45) is 2.00. The molecule has 0 aliphatic carbocycles. The first kappa shape index (κ1) is 17.4. The van der Waals surface area contributed by atoms with E-state index in [1.807, 2.05) is 19.1 Å². The Morgan fingerprint density at radius 3 is 2.72 bits per heavy atom. The Kier molecular flexibility index (Phi) is 5.01. The molecule has 2 N–H and O–H groups in total. The van der Waals surface area contributed by atoms with Crippen molar-refractivity contribution >= 4 is 12.0 Å². The molecule has 1 atom stereocenters. The molecule has 7 heteroatoms. The van der Waals surface area contributed by atoms with Crippen LogP contribution < -0.4 is 14.8 Å². The number of rotatable bonds is 4. The summed E-state index contributed by atoms with van der Waals surface area (Å²) in [4.78, 5) is 25.0. The first-order chi connectivity index (χ1) is 12.0. The molecule has 2 heterocycles.